The van der Waals surface area contributed by atoms with Crippen molar-refractivity contribution < 1.29 is 9.18 Å². The Morgan fingerprint density at radius 3 is 2.71 bits per heavy atom. The number of aryl methyl sites for hydroxylation is 1. The topological polar surface area (TPSA) is 72.9 Å². The minimum atomic E-state index is -0.539. The van der Waals surface area contributed by atoms with Crippen LogP contribution in [0.4, 0.5) is 4.39 Å². The maximum absolute atomic E-state index is 13.7. The molecule has 1 aromatic heterocycles. The van der Waals surface area contributed by atoms with Crippen LogP contribution >= 0.6 is 11.6 Å². The smallest absolute Gasteiger partial charge is 0.240 e. The largest absolute Gasteiger partial charge is 0.348 e. The third-order valence-electron chi connectivity index (χ3n) is 4.81. The number of aromatic nitrogens is 2. The van der Waals surface area contributed by atoms with E-state index in [1.54, 1.807) is 4.57 Å². The minimum Gasteiger partial charge on any atom is -0.348 e. The number of imidazole rings is 1. The lowest BCUT2D eigenvalue weighted by atomic mass is 9.89. The monoisotopic (exact) mass is 402 g/mol. The molecule has 3 N–H and O–H groups in total. The molecule has 0 saturated carbocycles. The second-order valence-electron chi connectivity index (χ2n) is 7.69. The van der Waals surface area contributed by atoms with Crippen LogP contribution in [0.25, 0.3) is 11.0 Å². The van der Waals surface area contributed by atoms with Crippen LogP contribution in [0.15, 0.2) is 36.7 Å². The predicted molar refractivity (Wildman–Crippen MR) is 110 cm³/mol. The lowest BCUT2D eigenvalue weighted by molar-refractivity contribution is -0.122. The summed E-state index contributed by atoms with van der Waals surface area (Å²) in [5.41, 5.74) is 9.85. The van der Waals surface area contributed by atoms with E-state index in [0.29, 0.717) is 11.0 Å². The second kappa shape index (κ2) is 7.53. The molecule has 1 heterocycles. The van der Waals surface area contributed by atoms with Gasteiger partial charge in [-0.15, -0.1) is 0 Å². The van der Waals surface area contributed by atoms with Crippen LogP contribution in [0.2, 0.25) is 5.02 Å². The highest BCUT2D eigenvalue weighted by Crippen LogP contribution is 2.26. The van der Waals surface area contributed by atoms with E-state index in [9.17, 15) is 9.18 Å². The van der Waals surface area contributed by atoms with Crippen LogP contribution < -0.4 is 11.1 Å². The molecule has 0 aliphatic rings. The number of nitrogens with two attached hydrogens (primary N) is 1. The van der Waals surface area contributed by atoms with Crippen molar-refractivity contribution in [1.29, 1.82) is 0 Å². The van der Waals surface area contributed by atoms with Crippen molar-refractivity contribution in [2.24, 2.45) is 5.73 Å². The number of rotatable bonds is 5. The normalized spacial score (nSPS) is 13.0. The Kier molecular flexibility index (Phi) is 5.46. The highest BCUT2D eigenvalue weighted by atomic mass is 35.5. The zero-order chi connectivity index (χ0) is 20.6. The van der Waals surface area contributed by atoms with Crippen molar-refractivity contribution in [1.82, 2.24) is 14.9 Å². The molecule has 7 heteroatoms. The highest BCUT2D eigenvalue weighted by molar-refractivity contribution is 6.35. The van der Waals surface area contributed by atoms with E-state index in [4.69, 9.17) is 17.3 Å². The molecule has 0 radical (unpaired) electrons. The van der Waals surface area contributed by atoms with Crippen molar-refractivity contribution in [3.63, 3.8) is 0 Å². The fraction of sp³-hybridized carbons (Fsp3) is 0.333. The Morgan fingerprint density at radius 2 is 2.07 bits per heavy atom. The predicted octanol–water partition coefficient (Wildman–Crippen LogP) is 4.21. The summed E-state index contributed by atoms with van der Waals surface area (Å²) in [6, 6.07) is 8.62. The van der Waals surface area contributed by atoms with Crippen molar-refractivity contribution in [3.8, 4) is 0 Å². The van der Waals surface area contributed by atoms with Crippen molar-refractivity contribution in [3.05, 3.63) is 64.2 Å². The van der Waals surface area contributed by atoms with Gasteiger partial charge in [0.05, 0.1) is 23.4 Å². The van der Waals surface area contributed by atoms with Gasteiger partial charge in [-0.05, 0) is 56.5 Å². The molecule has 5 nitrogen and oxygen atoms in total. The van der Waals surface area contributed by atoms with Crippen LogP contribution in [0.5, 0.6) is 0 Å². The molecule has 0 spiro atoms. The zero-order valence-corrected chi connectivity index (χ0v) is 17.1. The van der Waals surface area contributed by atoms with Gasteiger partial charge in [0.15, 0.2) is 0 Å². The van der Waals surface area contributed by atoms with Crippen LogP contribution in [-0.4, -0.2) is 15.5 Å². The average molecular weight is 403 g/mol. The molecule has 0 saturated heterocycles. The van der Waals surface area contributed by atoms with Crippen molar-refractivity contribution >= 4 is 28.5 Å². The number of hydrogen-bond donors (Lipinski definition) is 2. The third-order valence-corrected chi connectivity index (χ3v) is 5.17. The number of hydrogen-bond acceptors (Lipinski definition) is 3. The third kappa shape index (κ3) is 4.03. The first-order chi connectivity index (χ1) is 13.1. The molecule has 0 bridgehead atoms. The second-order valence-corrected chi connectivity index (χ2v) is 8.06. The first-order valence-electron chi connectivity index (χ1n) is 9.06. The van der Waals surface area contributed by atoms with Crippen molar-refractivity contribution in [2.75, 3.05) is 0 Å². The summed E-state index contributed by atoms with van der Waals surface area (Å²) < 4.78 is 15.3. The Bertz CT molecular complexity index is 1040. The number of fused-ring (bicyclic) bond motifs is 1. The van der Waals surface area contributed by atoms with Gasteiger partial charge in [-0.25, -0.2) is 9.37 Å². The van der Waals surface area contributed by atoms with Crippen LogP contribution in [-0.2, 0) is 16.9 Å². The molecule has 148 valence electrons. The molecule has 28 heavy (non-hydrogen) atoms. The van der Waals surface area contributed by atoms with E-state index in [0.717, 1.165) is 16.7 Å². The fourth-order valence-corrected chi connectivity index (χ4v) is 3.69. The Labute approximate surface area is 168 Å². The van der Waals surface area contributed by atoms with E-state index in [-0.39, 0.29) is 23.5 Å². The van der Waals surface area contributed by atoms with E-state index < -0.39 is 11.4 Å². The number of benzene rings is 2. The fourth-order valence-electron chi connectivity index (χ4n) is 3.42. The molecule has 0 aliphatic carbocycles. The van der Waals surface area contributed by atoms with Gasteiger partial charge in [-0.1, -0.05) is 29.8 Å². The Balaban J connectivity index is 1.75. The maximum Gasteiger partial charge on any atom is 0.240 e. The summed E-state index contributed by atoms with van der Waals surface area (Å²) in [5.74, 6) is -0.754. The number of carbonyl (C=O) groups is 1. The molecule has 3 aromatic rings. The Morgan fingerprint density at radius 1 is 1.36 bits per heavy atom. The van der Waals surface area contributed by atoms with Gasteiger partial charge in [0, 0.05) is 5.54 Å². The number of nitrogens with one attached hydrogen (secondary N) is 1. The SMILES string of the molecule is Cc1cc(C(C)NC(=O)Cn2cnc3ccc(F)c(Cl)c32)ccc1C(C)(C)N. The van der Waals surface area contributed by atoms with Gasteiger partial charge in [-0.2, -0.15) is 0 Å². The molecule has 2 aromatic carbocycles. The minimum absolute atomic E-state index is 0.00307. The van der Waals surface area contributed by atoms with E-state index in [1.807, 2.05) is 45.9 Å². The van der Waals surface area contributed by atoms with Gasteiger partial charge in [-0.3, -0.25) is 4.79 Å². The summed E-state index contributed by atoms with van der Waals surface area (Å²) in [6.07, 6.45) is 1.49. The standard InChI is InChI=1S/C21H24ClFN4O/c1-12-9-14(5-6-15(12)21(3,4)24)13(2)26-18(28)10-27-11-25-17-8-7-16(23)19(22)20(17)27/h5-9,11,13H,10,24H2,1-4H3,(H,26,28). The van der Waals surface area contributed by atoms with Crippen molar-refractivity contribution in [2.45, 2.75) is 45.8 Å². The average Bonchev–Trinajstić information content (AvgIpc) is 3.00. The van der Waals surface area contributed by atoms with Crippen LogP contribution in [0.1, 0.15) is 43.5 Å². The molecule has 1 amide bonds. The van der Waals surface area contributed by atoms with Gasteiger partial charge in [0.25, 0.3) is 0 Å². The zero-order valence-electron chi connectivity index (χ0n) is 16.4. The van der Waals surface area contributed by atoms with Gasteiger partial charge in [0.1, 0.15) is 17.4 Å². The molecular formula is C21H24ClFN4O. The summed E-state index contributed by atoms with van der Waals surface area (Å²) in [5, 5.41) is 2.93. The van der Waals surface area contributed by atoms with E-state index >= 15 is 0 Å². The van der Waals surface area contributed by atoms with Crippen LogP contribution in [0.3, 0.4) is 0 Å². The summed E-state index contributed by atoms with van der Waals surface area (Å²) >= 11 is 6.05. The highest BCUT2D eigenvalue weighted by Gasteiger charge is 2.19. The van der Waals surface area contributed by atoms with Gasteiger partial charge < -0.3 is 15.6 Å². The number of carbonyl (C=O) groups excluding carboxylic acids is 1. The molecule has 0 aliphatic heterocycles. The molecule has 0 fully saturated rings. The molecule has 1 unspecified atom stereocenters. The lowest BCUT2D eigenvalue weighted by Gasteiger charge is -2.23. The van der Waals surface area contributed by atoms with E-state index in [2.05, 4.69) is 10.3 Å². The summed E-state index contributed by atoms with van der Waals surface area (Å²) in [7, 11) is 0. The van der Waals surface area contributed by atoms with Gasteiger partial charge in [0.2, 0.25) is 5.91 Å². The summed E-state index contributed by atoms with van der Waals surface area (Å²) in [6.45, 7) is 7.85. The number of amides is 1. The molecular weight excluding hydrogens is 379 g/mol. The first-order valence-corrected chi connectivity index (χ1v) is 9.44. The van der Waals surface area contributed by atoms with Gasteiger partial charge >= 0.3 is 0 Å². The number of nitrogens with zero attached hydrogens (tertiary/aromatic N) is 2. The number of halogens is 2. The summed E-state index contributed by atoms with van der Waals surface area (Å²) in [4.78, 5) is 16.7. The van der Waals surface area contributed by atoms with E-state index in [1.165, 1.54) is 18.5 Å². The Hall–Kier alpha value is -2.44. The molecule has 3 rings (SSSR count). The molecule has 1 atom stereocenters. The van der Waals surface area contributed by atoms with Crippen LogP contribution in [0, 0.1) is 12.7 Å². The lowest BCUT2D eigenvalue weighted by Crippen LogP contribution is -2.31. The quantitative estimate of drug-likeness (QED) is 0.671. The maximum atomic E-state index is 13.7. The first kappa shape index (κ1) is 20.3.